The van der Waals surface area contributed by atoms with Crippen LogP contribution in [0.4, 0.5) is 4.39 Å². The lowest BCUT2D eigenvalue weighted by Gasteiger charge is -2.13. The van der Waals surface area contributed by atoms with Gasteiger partial charge in [0, 0.05) is 9.50 Å². The summed E-state index contributed by atoms with van der Waals surface area (Å²) in [5.41, 5.74) is 0.651. The van der Waals surface area contributed by atoms with Gasteiger partial charge in [-0.25, -0.2) is 4.98 Å². The molecule has 2 aromatic rings. The summed E-state index contributed by atoms with van der Waals surface area (Å²) in [6, 6.07) is 3.32. The van der Waals surface area contributed by atoms with E-state index in [4.69, 9.17) is 46.4 Å². The molecule has 2 nitrogen and oxygen atoms in total. The predicted octanol–water partition coefficient (Wildman–Crippen LogP) is 6.81. The first-order chi connectivity index (χ1) is 9.73. The second kappa shape index (κ2) is 7.07. The van der Waals surface area contributed by atoms with Gasteiger partial charge in [-0.3, -0.25) is 4.57 Å². The van der Waals surface area contributed by atoms with Crippen molar-refractivity contribution in [2.75, 3.05) is 6.26 Å². The fourth-order valence-electron chi connectivity index (χ4n) is 1.61. The highest BCUT2D eigenvalue weighted by Gasteiger charge is 2.28. The predicted molar refractivity (Wildman–Crippen MR) is 94.5 cm³/mol. The third-order valence-corrected chi connectivity index (χ3v) is 5.52. The Balaban J connectivity index is 2.56. The zero-order valence-corrected chi connectivity index (χ0v) is 16.5. The molecular weight excluding hydrogens is 465 g/mol. The van der Waals surface area contributed by atoms with Gasteiger partial charge in [0.05, 0.1) is 10.7 Å². The summed E-state index contributed by atoms with van der Waals surface area (Å²) in [6.45, 7) is 0. The van der Waals surface area contributed by atoms with Crippen LogP contribution in [0.3, 0.4) is 0 Å². The number of hydrogen-bond acceptors (Lipinski definition) is 3. The standard InChI is InChI=1S/C11H6BrCl4FN2S2/c1-20-10-9(21-11(15,16)17)18-4-19(10)8-6(12)2-5(13)3-7(8)14/h2-4H,1H3. The van der Waals surface area contributed by atoms with Crippen molar-refractivity contribution in [1.82, 2.24) is 9.55 Å². The molecule has 1 aromatic carbocycles. The van der Waals surface area contributed by atoms with Crippen molar-refractivity contribution in [3.8, 4) is 5.69 Å². The monoisotopic (exact) mass is 468 g/mol. The van der Waals surface area contributed by atoms with E-state index in [1.165, 1.54) is 18.1 Å². The normalized spacial score (nSPS) is 12.0. The van der Waals surface area contributed by atoms with Crippen molar-refractivity contribution in [2.24, 2.45) is 0 Å². The number of thioether (sulfide) groups is 2. The molecule has 2 rings (SSSR count). The molecule has 0 aliphatic heterocycles. The molecule has 0 saturated carbocycles. The largest absolute Gasteiger partial charge is 0.310 e. The van der Waals surface area contributed by atoms with E-state index in [2.05, 4.69) is 20.9 Å². The quantitative estimate of drug-likeness (QED) is 0.361. The summed E-state index contributed by atoms with van der Waals surface area (Å²) in [6.07, 6.45) is 3.35. The van der Waals surface area contributed by atoms with Gasteiger partial charge in [-0.05, 0) is 46.1 Å². The maximum atomic E-state index is 13.4. The summed E-state index contributed by atoms with van der Waals surface area (Å²) < 4.78 is 13.3. The molecule has 0 aliphatic carbocycles. The summed E-state index contributed by atoms with van der Waals surface area (Å²) in [4.78, 5) is 4.14. The summed E-state index contributed by atoms with van der Waals surface area (Å²) in [5.74, 6) is 0. The molecule has 21 heavy (non-hydrogen) atoms. The van der Waals surface area contributed by atoms with E-state index in [0.29, 0.717) is 42.0 Å². The van der Waals surface area contributed by atoms with Gasteiger partial charge in [0.25, 0.3) is 0 Å². The number of benzene rings is 1. The first-order valence-electron chi connectivity index (χ1n) is 5.25. The summed E-state index contributed by atoms with van der Waals surface area (Å²) in [5, 5.41) is 1.96. The minimum absolute atomic E-state index is 0.368. The molecule has 0 radical (unpaired) electrons. The Morgan fingerprint density at radius 3 is 2.52 bits per heavy atom. The number of imidazole rings is 1. The Hall–Kier alpha value is 0.700. The van der Waals surface area contributed by atoms with Crippen LogP contribution in [0.1, 0.15) is 0 Å². The number of alkyl halides is 3. The third-order valence-electron chi connectivity index (χ3n) is 2.32. The Morgan fingerprint density at radius 1 is 1.33 bits per heavy atom. The van der Waals surface area contributed by atoms with Crippen molar-refractivity contribution < 1.29 is 4.39 Å². The van der Waals surface area contributed by atoms with Gasteiger partial charge in [-0.1, -0.05) is 46.4 Å². The Labute approximate surface area is 157 Å². The third kappa shape index (κ3) is 4.37. The van der Waals surface area contributed by atoms with Crippen LogP contribution >= 0.6 is 85.9 Å². The van der Waals surface area contributed by atoms with Gasteiger partial charge in [0.15, 0.2) is 0 Å². The molecule has 0 saturated heterocycles. The maximum Gasteiger partial charge on any atom is 0.310 e. The van der Waals surface area contributed by atoms with Gasteiger partial charge in [0.1, 0.15) is 16.4 Å². The molecule has 114 valence electrons. The fraction of sp³-hybridized carbons (Fsp3) is 0.182. The Bertz CT molecular complexity index is 652. The van der Waals surface area contributed by atoms with Gasteiger partial charge in [-0.15, -0.1) is 11.8 Å². The molecule has 0 aliphatic rings. The van der Waals surface area contributed by atoms with Gasteiger partial charge in [-0.2, -0.15) is 4.39 Å². The molecule has 1 heterocycles. The lowest BCUT2D eigenvalue weighted by Crippen LogP contribution is -1.99. The van der Waals surface area contributed by atoms with Gasteiger partial charge < -0.3 is 0 Å². The average molecular weight is 471 g/mol. The molecule has 1 aromatic heterocycles. The number of hydrogen-bond donors (Lipinski definition) is 0. The molecule has 0 fully saturated rings. The van der Waals surface area contributed by atoms with E-state index in [-0.39, 0.29) is 0 Å². The molecule has 0 atom stereocenters. The minimum Gasteiger partial charge on any atom is -0.290 e. The van der Waals surface area contributed by atoms with E-state index >= 15 is 0 Å². The SMILES string of the molecule is CSc1c(SC(F)(Cl)Cl)ncn1-c1c(Cl)cc(Cl)cc1Br. The molecule has 0 N–H and O–H groups in total. The highest BCUT2D eigenvalue weighted by atomic mass is 79.9. The Morgan fingerprint density at radius 2 is 2.00 bits per heavy atom. The van der Waals surface area contributed by atoms with Crippen molar-refractivity contribution in [2.45, 2.75) is 14.0 Å². The molecule has 0 unspecified atom stereocenters. The second-order valence-corrected chi connectivity index (χ2v) is 9.02. The van der Waals surface area contributed by atoms with Gasteiger partial charge in [0.2, 0.25) is 0 Å². The molecular formula is C11H6BrCl4FN2S2. The highest BCUT2D eigenvalue weighted by molar-refractivity contribution is 9.10. The van der Waals surface area contributed by atoms with Crippen LogP contribution in [-0.4, -0.2) is 19.7 Å². The summed E-state index contributed by atoms with van der Waals surface area (Å²) in [7, 11) is 0. The van der Waals surface area contributed by atoms with Crippen molar-refractivity contribution >= 4 is 85.9 Å². The van der Waals surface area contributed by atoms with Crippen LogP contribution in [0, 0.1) is 0 Å². The number of aromatic nitrogens is 2. The van der Waals surface area contributed by atoms with Crippen molar-refractivity contribution in [3.05, 3.63) is 33.0 Å². The zero-order valence-electron chi connectivity index (χ0n) is 10.2. The average Bonchev–Trinajstić information content (AvgIpc) is 2.68. The molecule has 0 spiro atoms. The van der Waals surface area contributed by atoms with Crippen LogP contribution in [-0.2, 0) is 0 Å². The van der Waals surface area contributed by atoms with E-state index in [1.54, 1.807) is 16.7 Å². The van der Waals surface area contributed by atoms with E-state index < -0.39 is 3.92 Å². The Kier molecular flexibility index (Phi) is 6.08. The lowest BCUT2D eigenvalue weighted by molar-refractivity contribution is 0.515. The smallest absolute Gasteiger partial charge is 0.290 e. The number of nitrogens with zero attached hydrogens (tertiary/aromatic N) is 2. The van der Waals surface area contributed by atoms with E-state index in [1.807, 2.05) is 6.26 Å². The summed E-state index contributed by atoms with van der Waals surface area (Å²) >= 11 is 28.3. The van der Waals surface area contributed by atoms with E-state index in [9.17, 15) is 4.39 Å². The van der Waals surface area contributed by atoms with Crippen LogP contribution in [0.2, 0.25) is 10.0 Å². The first-order valence-corrected chi connectivity index (χ1v) is 9.59. The number of rotatable bonds is 4. The van der Waals surface area contributed by atoms with Gasteiger partial charge >= 0.3 is 3.92 Å². The van der Waals surface area contributed by atoms with Crippen LogP contribution in [0.5, 0.6) is 0 Å². The first kappa shape index (κ1) is 18.0. The van der Waals surface area contributed by atoms with Crippen LogP contribution in [0.25, 0.3) is 5.69 Å². The topological polar surface area (TPSA) is 17.8 Å². The molecule has 0 amide bonds. The maximum absolute atomic E-state index is 13.4. The van der Waals surface area contributed by atoms with Crippen LogP contribution in [0.15, 0.2) is 33.0 Å². The second-order valence-electron chi connectivity index (χ2n) is 3.69. The number of halogens is 6. The van der Waals surface area contributed by atoms with Crippen LogP contribution < -0.4 is 0 Å². The van der Waals surface area contributed by atoms with Crippen molar-refractivity contribution in [1.29, 1.82) is 0 Å². The van der Waals surface area contributed by atoms with Crippen molar-refractivity contribution in [3.63, 3.8) is 0 Å². The lowest BCUT2D eigenvalue weighted by atomic mass is 10.3. The zero-order chi connectivity index (χ0) is 15.8. The van der Waals surface area contributed by atoms with E-state index in [0.717, 1.165) is 0 Å². The minimum atomic E-state index is -2.45. The highest BCUT2D eigenvalue weighted by Crippen LogP contribution is 2.45. The fourth-order valence-corrected chi connectivity index (χ4v) is 4.97. The molecule has 10 heteroatoms. The molecule has 0 bridgehead atoms.